The molecule has 0 aromatic heterocycles. The lowest BCUT2D eigenvalue weighted by atomic mass is 10.4. The standard InChI is InChI=1S/C4H9O2.C3H6O2.C2H4O2.CH3O.FH.2H2O/c1-4(2,5)6-3;1-3(4)5-2;1-2(3)4;1-2;;;/h1-3H3;1-2H3;1H3,(H,3,4);1H3;1H;2*1H2/q-1;;;-1;;;/p-2. The van der Waals surface area contributed by atoms with Crippen LogP contribution in [0.5, 0.6) is 0 Å². The van der Waals surface area contributed by atoms with E-state index in [1.54, 1.807) is 0 Å². The fraction of sp³-hybridized carbons (Fsp3) is 0.800. The third-order valence-corrected chi connectivity index (χ3v) is 0.779. The highest BCUT2D eigenvalue weighted by Crippen LogP contribution is 1.91. The number of carboxylic acids is 1. The maximum Gasteiger partial charge on any atom is 0.302 e. The zero-order valence-electron chi connectivity index (χ0n) is 12.7. The molecular weight excluding hydrogens is 283 g/mol. The first-order chi connectivity index (χ1) is 7.56. The van der Waals surface area contributed by atoms with Crippen LogP contribution in [-0.2, 0) is 19.1 Å². The van der Waals surface area contributed by atoms with Gasteiger partial charge in [-0.3, -0.25) is 9.59 Å². The lowest BCUT2D eigenvalue weighted by Gasteiger charge is -2.28. The normalized spacial score (nSPS) is 6.85. The molecule has 0 heterocycles. The van der Waals surface area contributed by atoms with Gasteiger partial charge in [-0.1, -0.05) is 13.8 Å². The zero-order chi connectivity index (χ0) is 15.1. The van der Waals surface area contributed by atoms with Crippen molar-refractivity contribution in [2.24, 2.45) is 0 Å². The molecule has 10 heteroatoms. The van der Waals surface area contributed by atoms with Crippen LogP contribution in [0.15, 0.2) is 0 Å². The van der Waals surface area contributed by atoms with Gasteiger partial charge in [0.25, 0.3) is 5.97 Å². The Balaban J connectivity index is -0.0000000225. The number of aliphatic carboxylic acids is 1. The van der Waals surface area contributed by atoms with E-state index >= 15 is 0 Å². The van der Waals surface area contributed by atoms with E-state index in [4.69, 9.17) is 15.0 Å². The molecule has 0 unspecified atom stereocenters. The summed E-state index contributed by atoms with van der Waals surface area (Å²) in [4.78, 5) is 18.6. The van der Waals surface area contributed by atoms with Crippen molar-refractivity contribution in [1.29, 1.82) is 0 Å². The molecule has 0 radical (unpaired) electrons. The van der Waals surface area contributed by atoms with Crippen molar-refractivity contribution in [3.63, 3.8) is 0 Å². The summed E-state index contributed by atoms with van der Waals surface area (Å²) < 4.78 is 8.49. The van der Waals surface area contributed by atoms with E-state index in [0.29, 0.717) is 0 Å². The average Bonchev–Trinajstić information content (AvgIpc) is 2.20. The van der Waals surface area contributed by atoms with Crippen LogP contribution >= 0.6 is 0 Å². The van der Waals surface area contributed by atoms with Crippen LogP contribution in [0.25, 0.3) is 0 Å². The summed E-state index contributed by atoms with van der Waals surface area (Å²) in [6.45, 7) is 5.38. The summed E-state index contributed by atoms with van der Waals surface area (Å²) in [6, 6.07) is 0. The van der Waals surface area contributed by atoms with Crippen LogP contribution < -0.4 is 14.9 Å². The topological polar surface area (TPSA) is 180 Å². The Morgan fingerprint density at radius 3 is 1.20 bits per heavy atom. The Hall–Kier alpha value is -1.33. The first-order valence-corrected chi connectivity index (χ1v) is 4.47. The molecule has 4 N–H and O–H groups in total. The van der Waals surface area contributed by atoms with Crippen LogP contribution in [0.3, 0.4) is 0 Å². The van der Waals surface area contributed by atoms with Crippen LogP contribution in [0.2, 0.25) is 0 Å². The van der Waals surface area contributed by atoms with E-state index < -0.39 is 11.8 Å². The van der Waals surface area contributed by atoms with Gasteiger partial charge in [0.15, 0.2) is 0 Å². The quantitative estimate of drug-likeness (QED) is 0.369. The maximum absolute atomic E-state index is 10.2. The van der Waals surface area contributed by atoms with Gasteiger partial charge in [0, 0.05) is 21.0 Å². The second-order valence-corrected chi connectivity index (χ2v) is 2.82. The fourth-order valence-electron chi connectivity index (χ4n) is 0. The first kappa shape index (κ1) is 42.8. The molecule has 0 aromatic rings. The molecule has 20 heavy (non-hydrogen) atoms. The number of carboxylic acid groups (broad SMARTS) is 1. The molecule has 0 fully saturated rings. The zero-order valence-corrected chi connectivity index (χ0v) is 12.7. The Morgan fingerprint density at radius 2 is 1.20 bits per heavy atom. The van der Waals surface area contributed by atoms with Gasteiger partial charge in [-0.05, 0) is 5.79 Å². The molecule has 0 atom stereocenters. The van der Waals surface area contributed by atoms with Crippen LogP contribution in [0.1, 0.15) is 27.7 Å². The number of carbonyl (C=O) groups is 2. The number of rotatable bonds is 1. The van der Waals surface area contributed by atoms with E-state index in [1.807, 2.05) is 0 Å². The van der Waals surface area contributed by atoms with E-state index in [1.165, 1.54) is 35.0 Å². The van der Waals surface area contributed by atoms with Gasteiger partial charge in [-0.2, -0.15) is 7.11 Å². The molecular formula is C10H25FO9-4. The van der Waals surface area contributed by atoms with Gasteiger partial charge in [-0.25, -0.2) is 0 Å². The summed E-state index contributed by atoms with van der Waals surface area (Å²) in [6.07, 6.45) is 0. The molecule has 0 aliphatic rings. The summed E-state index contributed by atoms with van der Waals surface area (Å²) >= 11 is 0. The Kier molecular flexibility index (Phi) is 65.5. The first-order valence-electron chi connectivity index (χ1n) is 4.47. The molecule has 0 bridgehead atoms. The predicted octanol–water partition coefficient (Wildman–Crippen LogP) is -5.02. The van der Waals surface area contributed by atoms with E-state index in [0.717, 1.165) is 14.0 Å². The molecule has 0 aromatic carbocycles. The summed E-state index contributed by atoms with van der Waals surface area (Å²) in [5.74, 6) is -2.29. The largest absolute Gasteiger partial charge is 1.00 e. The van der Waals surface area contributed by atoms with E-state index in [2.05, 4.69) is 9.47 Å². The minimum absolute atomic E-state index is 0. The fourth-order valence-corrected chi connectivity index (χ4v) is 0. The summed E-state index contributed by atoms with van der Waals surface area (Å²) in [5, 5.41) is 25.9. The minimum Gasteiger partial charge on any atom is -1.00 e. The van der Waals surface area contributed by atoms with Crippen molar-refractivity contribution >= 4 is 11.9 Å². The van der Waals surface area contributed by atoms with Crippen molar-refractivity contribution in [3.05, 3.63) is 0 Å². The van der Waals surface area contributed by atoms with Gasteiger partial charge in [-0.15, -0.1) is 0 Å². The molecule has 130 valence electrons. The van der Waals surface area contributed by atoms with Gasteiger partial charge in [0.1, 0.15) is 0 Å². The number of carbonyl (C=O) groups excluding carboxylic acids is 1. The molecule has 0 amide bonds. The molecule has 9 nitrogen and oxygen atoms in total. The number of ether oxygens (including phenoxy) is 2. The average molecular weight is 308 g/mol. The van der Waals surface area contributed by atoms with E-state index in [-0.39, 0.29) is 21.6 Å². The molecule has 0 saturated carbocycles. The number of esters is 1. The highest BCUT2D eigenvalue weighted by molar-refractivity contribution is 5.65. The van der Waals surface area contributed by atoms with Crippen molar-refractivity contribution in [1.82, 2.24) is 0 Å². The summed E-state index contributed by atoms with van der Waals surface area (Å²) in [5.41, 5.74) is 0. The highest BCUT2D eigenvalue weighted by Gasteiger charge is 1.92. The third-order valence-electron chi connectivity index (χ3n) is 0.779. The Labute approximate surface area is 118 Å². The smallest absolute Gasteiger partial charge is 0.302 e. The van der Waals surface area contributed by atoms with Gasteiger partial charge in [0.05, 0.1) is 7.11 Å². The summed E-state index contributed by atoms with van der Waals surface area (Å²) in [7, 11) is 3.50. The van der Waals surface area contributed by atoms with Crippen molar-refractivity contribution < 1.29 is 50.0 Å². The third kappa shape index (κ3) is 304. The lowest BCUT2D eigenvalue weighted by molar-refractivity contribution is -0.538. The van der Waals surface area contributed by atoms with Crippen LogP contribution in [-0.4, -0.2) is 55.1 Å². The number of hydrogen-bond donors (Lipinski definition) is 1. The lowest BCUT2D eigenvalue weighted by Crippen LogP contribution is -3.00. The maximum atomic E-state index is 10.2. The highest BCUT2D eigenvalue weighted by atomic mass is 19.0. The number of hydrogen-bond acceptors (Lipinski definition) is 7. The van der Waals surface area contributed by atoms with E-state index in [9.17, 15) is 9.90 Å². The van der Waals surface area contributed by atoms with Gasteiger partial charge >= 0.3 is 5.97 Å². The molecule has 0 rings (SSSR count). The monoisotopic (exact) mass is 308 g/mol. The molecule has 0 spiro atoms. The molecule has 0 saturated heterocycles. The molecule has 0 aliphatic heterocycles. The van der Waals surface area contributed by atoms with Crippen molar-refractivity contribution in [3.8, 4) is 0 Å². The second kappa shape index (κ2) is 30.6. The number of methoxy groups -OCH3 is 2. The predicted molar refractivity (Wildman–Crippen MR) is 63.6 cm³/mol. The Morgan fingerprint density at radius 1 is 1.10 bits per heavy atom. The second-order valence-electron chi connectivity index (χ2n) is 2.82. The number of halogens is 1. The SMILES string of the molecule is CC(=O)O.COC(C)(C)[O-].COC(C)=O.C[O-].O.[F-].[OH-]. The minimum atomic E-state index is -1.21. The van der Waals surface area contributed by atoms with Crippen LogP contribution in [0.4, 0.5) is 0 Å². The van der Waals surface area contributed by atoms with Crippen molar-refractivity contribution in [2.45, 2.75) is 33.5 Å². The van der Waals surface area contributed by atoms with Crippen LogP contribution in [0, 0.1) is 0 Å². The van der Waals surface area contributed by atoms with Crippen molar-refractivity contribution in [2.75, 3.05) is 21.3 Å². The van der Waals surface area contributed by atoms with Gasteiger partial charge < -0.3 is 40.5 Å². The van der Waals surface area contributed by atoms with Gasteiger partial charge in [0.2, 0.25) is 0 Å². The Bertz CT molecular complexity index is 176. The molecule has 0 aliphatic carbocycles.